The second kappa shape index (κ2) is 5.89. The molecule has 0 spiro atoms. The Kier molecular flexibility index (Phi) is 4.24. The summed E-state index contributed by atoms with van der Waals surface area (Å²) in [7, 11) is 0. The van der Waals surface area contributed by atoms with Gasteiger partial charge in [-0.1, -0.05) is 19.8 Å². The molecular formula is C14H22N2O. The lowest BCUT2D eigenvalue weighted by Crippen LogP contribution is -2.17. The smallest absolute Gasteiger partial charge is 0.168 e. The zero-order valence-corrected chi connectivity index (χ0v) is 10.8. The third-order valence-electron chi connectivity index (χ3n) is 3.64. The molecule has 2 unspecified atom stereocenters. The molecule has 1 aromatic heterocycles. The summed E-state index contributed by atoms with van der Waals surface area (Å²) in [5.74, 6) is 3.36. The Morgan fingerprint density at radius 1 is 1.47 bits per heavy atom. The van der Waals surface area contributed by atoms with E-state index in [0.29, 0.717) is 6.61 Å². The third kappa shape index (κ3) is 3.11. The molecule has 3 heteroatoms. The standard InChI is InChI=1S/C14H22N2O/c1-3-17-13-8-5-9-15-14(13)16-10-12-7-4-6-11(12)2/h5,8-9,11-12H,3-4,6-7,10H2,1-2H3,(H,15,16). The van der Waals surface area contributed by atoms with Crippen LogP contribution in [0.1, 0.15) is 33.1 Å². The predicted molar refractivity (Wildman–Crippen MR) is 70.4 cm³/mol. The number of rotatable bonds is 5. The topological polar surface area (TPSA) is 34.1 Å². The van der Waals surface area contributed by atoms with Crippen LogP contribution in [0.3, 0.4) is 0 Å². The van der Waals surface area contributed by atoms with Crippen LogP contribution >= 0.6 is 0 Å². The maximum Gasteiger partial charge on any atom is 0.168 e. The summed E-state index contributed by atoms with van der Waals surface area (Å²) in [5.41, 5.74) is 0. The van der Waals surface area contributed by atoms with E-state index in [1.165, 1.54) is 19.3 Å². The van der Waals surface area contributed by atoms with Crippen LogP contribution in [0, 0.1) is 11.8 Å². The van der Waals surface area contributed by atoms with Crippen LogP contribution in [0.5, 0.6) is 5.75 Å². The Hall–Kier alpha value is -1.25. The van der Waals surface area contributed by atoms with E-state index in [1.807, 2.05) is 25.3 Å². The Labute approximate surface area is 104 Å². The summed E-state index contributed by atoms with van der Waals surface area (Å²) in [5, 5.41) is 3.43. The van der Waals surface area contributed by atoms with E-state index < -0.39 is 0 Å². The summed E-state index contributed by atoms with van der Waals surface area (Å²) in [6, 6.07) is 3.88. The highest BCUT2D eigenvalue weighted by Crippen LogP contribution is 2.31. The summed E-state index contributed by atoms with van der Waals surface area (Å²) >= 11 is 0. The van der Waals surface area contributed by atoms with Gasteiger partial charge in [-0.25, -0.2) is 4.98 Å². The minimum Gasteiger partial charge on any atom is -0.490 e. The number of anilines is 1. The van der Waals surface area contributed by atoms with Crippen molar-refractivity contribution in [3.05, 3.63) is 18.3 Å². The van der Waals surface area contributed by atoms with Crippen LogP contribution in [0.4, 0.5) is 5.82 Å². The van der Waals surface area contributed by atoms with E-state index in [2.05, 4.69) is 17.2 Å². The number of nitrogens with one attached hydrogen (secondary N) is 1. The van der Waals surface area contributed by atoms with Gasteiger partial charge in [-0.3, -0.25) is 0 Å². The Morgan fingerprint density at radius 3 is 3.06 bits per heavy atom. The second-order valence-electron chi connectivity index (χ2n) is 4.83. The van der Waals surface area contributed by atoms with Crippen LogP contribution in [-0.2, 0) is 0 Å². The van der Waals surface area contributed by atoms with Gasteiger partial charge in [0.15, 0.2) is 11.6 Å². The highest BCUT2D eigenvalue weighted by atomic mass is 16.5. The fraction of sp³-hybridized carbons (Fsp3) is 0.643. The molecule has 0 bridgehead atoms. The van der Waals surface area contributed by atoms with E-state index in [4.69, 9.17) is 4.74 Å². The van der Waals surface area contributed by atoms with E-state index in [1.54, 1.807) is 0 Å². The molecule has 0 aliphatic heterocycles. The average molecular weight is 234 g/mol. The van der Waals surface area contributed by atoms with Crippen LogP contribution in [-0.4, -0.2) is 18.1 Å². The third-order valence-corrected chi connectivity index (χ3v) is 3.64. The number of hydrogen-bond acceptors (Lipinski definition) is 3. The average Bonchev–Trinajstić information content (AvgIpc) is 2.74. The first-order valence-electron chi connectivity index (χ1n) is 6.63. The Balaban J connectivity index is 1.93. The molecule has 2 rings (SSSR count). The van der Waals surface area contributed by atoms with Crippen molar-refractivity contribution >= 4 is 5.82 Å². The zero-order valence-electron chi connectivity index (χ0n) is 10.8. The number of ether oxygens (including phenoxy) is 1. The van der Waals surface area contributed by atoms with Gasteiger partial charge < -0.3 is 10.1 Å². The maximum absolute atomic E-state index is 5.55. The van der Waals surface area contributed by atoms with Crippen molar-refractivity contribution in [3.8, 4) is 5.75 Å². The van der Waals surface area contributed by atoms with Crippen molar-refractivity contribution in [2.75, 3.05) is 18.5 Å². The largest absolute Gasteiger partial charge is 0.490 e. The molecule has 1 aliphatic carbocycles. The Bertz CT molecular complexity index is 354. The molecule has 1 N–H and O–H groups in total. The molecule has 94 valence electrons. The quantitative estimate of drug-likeness (QED) is 0.848. The lowest BCUT2D eigenvalue weighted by atomic mass is 9.98. The molecule has 1 saturated carbocycles. The van der Waals surface area contributed by atoms with E-state index >= 15 is 0 Å². The van der Waals surface area contributed by atoms with Crippen molar-refractivity contribution in [2.24, 2.45) is 11.8 Å². The minimum absolute atomic E-state index is 0.681. The number of hydrogen-bond donors (Lipinski definition) is 1. The molecule has 0 aromatic carbocycles. The van der Waals surface area contributed by atoms with Crippen LogP contribution in [0.15, 0.2) is 18.3 Å². The van der Waals surface area contributed by atoms with Gasteiger partial charge in [0.1, 0.15) is 0 Å². The van der Waals surface area contributed by atoms with Gasteiger partial charge in [-0.05, 0) is 37.3 Å². The van der Waals surface area contributed by atoms with Crippen LogP contribution < -0.4 is 10.1 Å². The van der Waals surface area contributed by atoms with Gasteiger partial charge in [-0.15, -0.1) is 0 Å². The normalized spacial score (nSPS) is 23.6. The second-order valence-corrected chi connectivity index (χ2v) is 4.83. The fourth-order valence-corrected chi connectivity index (χ4v) is 2.55. The molecule has 1 aromatic rings. The highest BCUT2D eigenvalue weighted by Gasteiger charge is 2.23. The fourth-order valence-electron chi connectivity index (χ4n) is 2.55. The van der Waals surface area contributed by atoms with Crippen LogP contribution in [0.25, 0.3) is 0 Å². The maximum atomic E-state index is 5.55. The molecule has 3 nitrogen and oxygen atoms in total. The van der Waals surface area contributed by atoms with Gasteiger partial charge in [0, 0.05) is 12.7 Å². The van der Waals surface area contributed by atoms with Crippen molar-refractivity contribution in [3.63, 3.8) is 0 Å². The molecule has 1 aliphatic rings. The van der Waals surface area contributed by atoms with Gasteiger partial charge in [-0.2, -0.15) is 0 Å². The number of pyridine rings is 1. The monoisotopic (exact) mass is 234 g/mol. The van der Waals surface area contributed by atoms with Crippen molar-refractivity contribution in [1.82, 2.24) is 4.98 Å². The first kappa shape index (κ1) is 12.2. The van der Waals surface area contributed by atoms with E-state index in [0.717, 1.165) is 29.9 Å². The van der Waals surface area contributed by atoms with Gasteiger partial charge in [0.05, 0.1) is 6.61 Å². The first-order valence-corrected chi connectivity index (χ1v) is 6.63. The molecule has 0 saturated heterocycles. The van der Waals surface area contributed by atoms with Crippen molar-refractivity contribution in [1.29, 1.82) is 0 Å². The zero-order chi connectivity index (χ0) is 12.1. The van der Waals surface area contributed by atoms with Gasteiger partial charge >= 0.3 is 0 Å². The van der Waals surface area contributed by atoms with Crippen molar-refractivity contribution in [2.45, 2.75) is 33.1 Å². The van der Waals surface area contributed by atoms with Crippen molar-refractivity contribution < 1.29 is 4.74 Å². The molecule has 0 radical (unpaired) electrons. The minimum atomic E-state index is 0.681. The summed E-state index contributed by atoms with van der Waals surface area (Å²) < 4.78 is 5.55. The number of nitrogens with zero attached hydrogens (tertiary/aromatic N) is 1. The predicted octanol–water partition coefficient (Wildman–Crippen LogP) is 3.33. The molecule has 0 amide bonds. The highest BCUT2D eigenvalue weighted by molar-refractivity contribution is 5.49. The SMILES string of the molecule is CCOc1cccnc1NCC1CCCC1C. The van der Waals surface area contributed by atoms with E-state index in [-0.39, 0.29) is 0 Å². The summed E-state index contributed by atoms with van der Waals surface area (Å²) in [4.78, 5) is 4.35. The lowest BCUT2D eigenvalue weighted by Gasteiger charge is -2.17. The van der Waals surface area contributed by atoms with Gasteiger partial charge in [0.25, 0.3) is 0 Å². The molecular weight excluding hydrogens is 212 g/mol. The summed E-state index contributed by atoms with van der Waals surface area (Å²) in [6.07, 6.45) is 5.88. The van der Waals surface area contributed by atoms with Crippen LogP contribution in [0.2, 0.25) is 0 Å². The Morgan fingerprint density at radius 2 is 2.35 bits per heavy atom. The molecule has 1 fully saturated rings. The molecule has 1 heterocycles. The number of aromatic nitrogens is 1. The van der Waals surface area contributed by atoms with E-state index in [9.17, 15) is 0 Å². The summed E-state index contributed by atoms with van der Waals surface area (Å²) in [6.45, 7) is 6.04. The lowest BCUT2D eigenvalue weighted by molar-refractivity contribution is 0.340. The molecule has 17 heavy (non-hydrogen) atoms. The molecule has 2 atom stereocenters. The van der Waals surface area contributed by atoms with Gasteiger partial charge in [0.2, 0.25) is 0 Å². The first-order chi connectivity index (χ1) is 8.31.